The summed E-state index contributed by atoms with van der Waals surface area (Å²) in [7, 11) is 1.86. The van der Waals surface area contributed by atoms with Crippen molar-refractivity contribution in [1.29, 1.82) is 0 Å². The zero-order valence-corrected chi connectivity index (χ0v) is 12.8. The molecule has 114 valence electrons. The van der Waals surface area contributed by atoms with Gasteiger partial charge in [-0.15, -0.1) is 5.10 Å². The highest BCUT2D eigenvalue weighted by Crippen LogP contribution is 2.29. The van der Waals surface area contributed by atoms with Gasteiger partial charge in [0.05, 0.1) is 19.3 Å². The van der Waals surface area contributed by atoms with Gasteiger partial charge in [0.2, 0.25) is 0 Å². The second-order valence-corrected chi connectivity index (χ2v) is 4.45. The van der Waals surface area contributed by atoms with Crippen molar-refractivity contribution in [2.45, 2.75) is 26.8 Å². The van der Waals surface area contributed by atoms with E-state index in [1.165, 1.54) is 0 Å². The predicted octanol–water partition coefficient (Wildman–Crippen LogP) is 1.74. The lowest BCUT2D eigenvalue weighted by Crippen LogP contribution is -2.18. The second kappa shape index (κ2) is 7.03. The first-order valence-corrected chi connectivity index (χ1v) is 7.06. The second-order valence-electron chi connectivity index (χ2n) is 4.45. The summed E-state index contributed by atoms with van der Waals surface area (Å²) < 4.78 is 12.9. The van der Waals surface area contributed by atoms with Crippen LogP contribution in [-0.4, -0.2) is 40.5 Å². The molecular weight excluding hydrogens is 270 g/mol. The summed E-state index contributed by atoms with van der Waals surface area (Å²) in [4.78, 5) is 0. The van der Waals surface area contributed by atoms with Crippen LogP contribution >= 0.6 is 0 Å². The van der Waals surface area contributed by atoms with Gasteiger partial charge in [-0.2, -0.15) is 4.68 Å². The fourth-order valence-corrected chi connectivity index (χ4v) is 1.96. The normalized spacial score (nSPS) is 12.2. The Morgan fingerprint density at radius 2 is 2.00 bits per heavy atom. The highest BCUT2D eigenvalue weighted by atomic mass is 16.5. The molecule has 7 nitrogen and oxygen atoms in total. The van der Waals surface area contributed by atoms with Gasteiger partial charge in [0.1, 0.15) is 17.2 Å². The van der Waals surface area contributed by atoms with Gasteiger partial charge < -0.3 is 14.8 Å². The van der Waals surface area contributed by atoms with Gasteiger partial charge in [0.25, 0.3) is 0 Å². The minimum Gasteiger partial charge on any atom is -0.494 e. The lowest BCUT2D eigenvalue weighted by atomic mass is 10.2. The fourth-order valence-electron chi connectivity index (χ4n) is 1.96. The maximum atomic E-state index is 5.67. The number of hydrogen-bond acceptors (Lipinski definition) is 6. The summed E-state index contributed by atoms with van der Waals surface area (Å²) in [5, 5.41) is 15.1. The maximum absolute atomic E-state index is 5.67. The van der Waals surface area contributed by atoms with Gasteiger partial charge in [0, 0.05) is 6.07 Å². The molecule has 1 aromatic carbocycles. The van der Waals surface area contributed by atoms with Crippen LogP contribution in [0.15, 0.2) is 18.2 Å². The summed E-state index contributed by atoms with van der Waals surface area (Å²) in [6, 6.07) is 5.66. The van der Waals surface area contributed by atoms with Gasteiger partial charge in [-0.25, -0.2) is 0 Å². The lowest BCUT2D eigenvalue weighted by Gasteiger charge is -2.15. The molecule has 0 fully saturated rings. The van der Waals surface area contributed by atoms with E-state index in [4.69, 9.17) is 9.47 Å². The molecule has 0 saturated carbocycles. The molecule has 2 rings (SSSR count). The van der Waals surface area contributed by atoms with Crippen LogP contribution in [0.1, 0.15) is 32.6 Å². The molecule has 0 aliphatic carbocycles. The first-order chi connectivity index (χ1) is 10.2. The van der Waals surface area contributed by atoms with Crippen molar-refractivity contribution < 1.29 is 9.47 Å². The molecule has 0 aliphatic rings. The van der Waals surface area contributed by atoms with E-state index in [0.717, 1.165) is 17.2 Å². The van der Waals surface area contributed by atoms with Crippen LogP contribution in [0.3, 0.4) is 0 Å². The topological polar surface area (TPSA) is 74.1 Å². The smallest absolute Gasteiger partial charge is 0.173 e. The molecule has 2 aromatic rings. The third-order valence-corrected chi connectivity index (χ3v) is 3.08. The number of aromatic nitrogens is 4. The molecule has 1 aromatic heterocycles. The van der Waals surface area contributed by atoms with Gasteiger partial charge in [-0.1, -0.05) is 0 Å². The summed E-state index contributed by atoms with van der Waals surface area (Å²) >= 11 is 0. The molecule has 21 heavy (non-hydrogen) atoms. The van der Waals surface area contributed by atoms with E-state index in [1.807, 2.05) is 46.0 Å². The Balaban J connectivity index is 2.49. The number of nitrogens with zero attached hydrogens (tertiary/aromatic N) is 4. The van der Waals surface area contributed by atoms with E-state index in [2.05, 4.69) is 20.8 Å². The highest BCUT2D eigenvalue weighted by molar-refractivity contribution is 5.51. The lowest BCUT2D eigenvalue weighted by molar-refractivity contribution is 0.328. The number of nitrogens with one attached hydrogen (secondary N) is 1. The Bertz CT molecular complexity index is 584. The average Bonchev–Trinajstić information content (AvgIpc) is 2.98. The SMILES string of the molecule is CCOc1ccc(OCC)c(-n2nnnc2C(C)NC)c1. The summed E-state index contributed by atoms with van der Waals surface area (Å²) in [5.41, 5.74) is 0.768. The molecule has 1 unspecified atom stereocenters. The van der Waals surface area contributed by atoms with Gasteiger partial charge in [-0.3, -0.25) is 0 Å². The molecule has 1 atom stereocenters. The Morgan fingerprint density at radius 3 is 2.67 bits per heavy atom. The molecule has 1 N–H and O–H groups in total. The van der Waals surface area contributed by atoms with E-state index in [1.54, 1.807) is 4.68 Å². The van der Waals surface area contributed by atoms with E-state index < -0.39 is 0 Å². The molecule has 0 bridgehead atoms. The monoisotopic (exact) mass is 291 g/mol. The summed E-state index contributed by atoms with van der Waals surface area (Å²) in [6.45, 7) is 7.05. The maximum Gasteiger partial charge on any atom is 0.173 e. The van der Waals surface area contributed by atoms with Crippen LogP contribution in [0, 0.1) is 0 Å². The van der Waals surface area contributed by atoms with E-state index in [0.29, 0.717) is 19.0 Å². The van der Waals surface area contributed by atoms with E-state index in [9.17, 15) is 0 Å². The van der Waals surface area contributed by atoms with Crippen LogP contribution in [0.2, 0.25) is 0 Å². The quantitative estimate of drug-likeness (QED) is 0.837. The molecule has 0 saturated heterocycles. The molecular formula is C14H21N5O2. The van der Waals surface area contributed by atoms with Crippen LogP contribution < -0.4 is 14.8 Å². The molecule has 0 spiro atoms. The first-order valence-electron chi connectivity index (χ1n) is 7.06. The number of rotatable bonds is 7. The van der Waals surface area contributed by atoms with Crippen molar-refractivity contribution in [3.05, 3.63) is 24.0 Å². The van der Waals surface area contributed by atoms with Crippen LogP contribution in [0.5, 0.6) is 11.5 Å². The zero-order valence-electron chi connectivity index (χ0n) is 12.8. The largest absolute Gasteiger partial charge is 0.494 e. The molecule has 0 aliphatic heterocycles. The van der Waals surface area contributed by atoms with Crippen molar-refractivity contribution >= 4 is 0 Å². The Kier molecular flexibility index (Phi) is 5.10. The van der Waals surface area contributed by atoms with Gasteiger partial charge in [-0.05, 0) is 50.4 Å². The van der Waals surface area contributed by atoms with E-state index in [-0.39, 0.29) is 6.04 Å². The fraction of sp³-hybridized carbons (Fsp3) is 0.500. The molecule has 7 heteroatoms. The van der Waals surface area contributed by atoms with Crippen LogP contribution in [-0.2, 0) is 0 Å². The van der Waals surface area contributed by atoms with Crippen molar-refractivity contribution in [3.8, 4) is 17.2 Å². The predicted molar refractivity (Wildman–Crippen MR) is 79.0 cm³/mol. The van der Waals surface area contributed by atoms with E-state index >= 15 is 0 Å². The highest BCUT2D eigenvalue weighted by Gasteiger charge is 2.18. The Hall–Kier alpha value is -2.15. The van der Waals surface area contributed by atoms with Crippen LogP contribution in [0.4, 0.5) is 0 Å². The van der Waals surface area contributed by atoms with Gasteiger partial charge in [0.15, 0.2) is 5.82 Å². The number of ether oxygens (including phenoxy) is 2. The summed E-state index contributed by atoms with van der Waals surface area (Å²) in [5.74, 6) is 2.19. The van der Waals surface area contributed by atoms with Crippen molar-refractivity contribution in [2.75, 3.05) is 20.3 Å². The molecule has 0 amide bonds. The van der Waals surface area contributed by atoms with Crippen LogP contribution in [0.25, 0.3) is 5.69 Å². The number of benzene rings is 1. The summed E-state index contributed by atoms with van der Waals surface area (Å²) in [6.07, 6.45) is 0. The average molecular weight is 291 g/mol. The number of hydrogen-bond donors (Lipinski definition) is 1. The third kappa shape index (κ3) is 3.30. The molecule has 0 radical (unpaired) electrons. The molecule has 1 heterocycles. The zero-order chi connectivity index (χ0) is 15.2. The van der Waals surface area contributed by atoms with Crippen molar-refractivity contribution in [1.82, 2.24) is 25.5 Å². The standard InChI is InChI=1S/C14H21N5O2/c1-5-20-11-7-8-13(21-6-2)12(9-11)19-14(10(3)15-4)16-17-18-19/h7-10,15H,5-6H2,1-4H3. The minimum absolute atomic E-state index is 0.0187. The first kappa shape index (κ1) is 15.2. The number of tetrazole rings is 1. The Labute approximate surface area is 124 Å². The minimum atomic E-state index is 0.0187. The third-order valence-electron chi connectivity index (χ3n) is 3.08. The van der Waals surface area contributed by atoms with Gasteiger partial charge >= 0.3 is 0 Å². The Morgan fingerprint density at radius 1 is 1.24 bits per heavy atom. The van der Waals surface area contributed by atoms with Crippen molar-refractivity contribution in [3.63, 3.8) is 0 Å². The van der Waals surface area contributed by atoms with Crippen molar-refractivity contribution in [2.24, 2.45) is 0 Å².